The maximum absolute atomic E-state index is 12.8. The summed E-state index contributed by atoms with van der Waals surface area (Å²) in [5.41, 5.74) is 2.80. The van der Waals surface area contributed by atoms with E-state index in [9.17, 15) is 8.42 Å². The number of aryl methyl sites for hydroxylation is 2. The van der Waals surface area contributed by atoms with Crippen molar-refractivity contribution in [2.75, 3.05) is 0 Å². The van der Waals surface area contributed by atoms with Crippen LogP contribution >= 0.6 is 0 Å². The Labute approximate surface area is 148 Å². The molecular formula is C19H23N3O2S. The molecule has 0 spiro atoms. The number of nitrogens with one attached hydrogen (secondary N) is 1. The minimum Gasteiger partial charge on any atom is -0.331 e. The quantitative estimate of drug-likeness (QED) is 0.702. The smallest absolute Gasteiger partial charge is 0.243 e. The van der Waals surface area contributed by atoms with Gasteiger partial charge in [0.25, 0.3) is 0 Å². The van der Waals surface area contributed by atoms with Crippen molar-refractivity contribution in [1.82, 2.24) is 14.3 Å². The molecule has 25 heavy (non-hydrogen) atoms. The van der Waals surface area contributed by atoms with Crippen LogP contribution in [0.15, 0.2) is 53.7 Å². The van der Waals surface area contributed by atoms with E-state index in [0.29, 0.717) is 15.9 Å². The number of nitrogens with zero attached hydrogens (tertiary/aromatic N) is 2. The molecule has 2 aromatic heterocycles. The van der Waals surface area contributed by atoms with E-state index in [1.165, 1.54) is 0 Å². The highest BCUT2D eigenvalue weighted by atomic mass is 32.2. The van der Waals surface area contributed by atoms with E-state index in [1.54, 1.807) is 18.5 Å². The SMILES string of the molecule is CCCCn1cc(S(=O)(=O)NCc2ccc(C)cc2)c2cccnc21. The maximum Gasteiger partial charge on any atom is 0.243 e. The fourth-order valence-electron chi connectivity index (χ4n) is 2.77. The molecule has 0 saturated carbocycles. The summed E-state index contributed by atoms with van der Waals surface area (Å²) < 4.78 is 30.3. The third-order valence-corrected chi connectivity index (χ3v) is 5.66. The van der Waals surface area contributed by atoms with Crippen LogP contribution in [-0.2, 0) is 23.1 Å². The van der Waals surface area contributed by atoms with E-state index in [2.05, 4.69) is 16.6 Å². The second-order valence-corrected chi connectivity index (χ2v) is 7.96. The van der Waals surface area contributed by atoms with E-state index >= 15 is 0 Å². The Morgan fingerprint density at radius 1 is 1.16 bits per heavy atom. The summed E-state index contributed by atoms with van der Waals surface area (Å²) in [6, 6.07) is 11.4. The van der Waals surface area contributed by atoms with Gasteiger partial charge in [-0.3, -0.25) is 0 Å². The fraction of sp³-hybridized carbons (Fsp3) is 0.316. The molecule has 0 unspecified atom stereocenters. The second kappa shape index (κ2) is 7.37. The van der Waals surface area contributed by atoms with Gasteiger partial charge in [0, 0.05) is 30.9 Å². The molecule has 2 heterocycles. The van der Waals surface area contributed by atoms with Gasteiger partial charge in [0.15, 0.2) is 0 Å². The largest absolute Gasteiger partial charge is 0.331 e. The van der Waals surface area contributed by atoms with Gasteiger partial charge in [0.2, 0.25) is 10.0 Å². The third-order valence-electron chi connectivity index (χ3n) is 4.23. The maximum atomic E-state index is 12.8. The number of fused-ring (bicyclic) bond motifs is 1. The van der Waals surface area contributed by atoms with E-state index in [1.807, 2.05) is 41.8 Å². The molecule has 3 aromatic rings. The van der Waals surface area contributed by atoms with Crippen LogP contribution in [0.4, 0.5) is 0 Å². The third kappa shape index (κ3) is 3.91. The van der Waals surface area contributed by atoms with Crippen LogP contribution in [0, 0.1) is 6.92 Å². The lowest BCUT2D eigenvalue weighted by Crippen LogP contribution is -2.23. The molecule has 5 nitrogen and oxygen atoms in total. The van der Waals surface area contributed by atoms with Gasteiger partial charge in [-0.25, -0.2) is 18.1 Å². The molecule has 1 N–H and O–H groups in total. The highest BCUT2D eigenvalue weighted by molar-refractivity contribution is 7.89. The van der Waals surface area contributed by atoms with Crippen molar-refractivity contribution in [3.8, 4) is 0 Å². The van der Waals surface area contributed by atoms with Crippen molar-refractivity contribution >= 4 is 21.1 Å². The monoisotopic (exact) mass is 357 g/mol. The van der Waals surface area contributed by atoms with Crippen LogP contribution in [0.3, 0.4) is 0 Å². The van der Waals surface area contributed by atoms with Gasteiger partial charge in [0.05, 0.1) is 0 Å². The molecule has 0 atom stereocenters. The number of rotatable bonds is 7. The summed E-state index contributed by atoms with van der Waals surface area (Å²) >= 11 is 0. The lowest BCUT2D eigenvalue weighted by atomic mass is 10.2. The summed E-state index contributed by atoms with van der Waals surface area (Å²) in [7, 11) is -3.61. The molecule has 132 valence electrons. The molecule has 0 aliphatic heterocycles. The molecule has 0 aliphatic carbocycles. The van der Waals surface area contributed by atoms with Gasteiger partial charge in [-0.15, -0.1) is 0 Å². The van der Waals surface area contributed by atoms with E-state index in [4.69, 9.17) is 0 Å². The molecule has 0 saturated heterocycles. The van der Waals surface area contributed by atoms with Gasteiger partial charge < -0.3 is 4.57 Å². The van der Waals surface area contributed by atoms with Crippen molar-refractivity contribution in [1.29, 1.82) is 0 Å². The molecule has 1 aromatic carbocycles. The molecule has 6 heteroatoms. The van der Waals surface area contributed by atoms with Crippen LogP contribution in [-0.4, -0.2) is 18.0 Å². The topological polar surface area (TPSA) is 64.0 Å². The number of aromatic nitrogens is 2. The lowest BCUT2D eigenvalue weighted by molar-refractivity contribution is 0.580. The minimum atomic E-state index is -3.61. The summed E-state index contributed by atoms with van der Waals surface area (Å²) in [5, 5.41) is 0.662. The molecule has 0 radical (unpaired) electrons. The van der Waals surface area contributed by atoms with Crippen molar-refractivity contribution in [2.45, 2.75) is 44.7 Å². The average Bonchev–Trinajstić information content (AvgIpc) is 2.99. The number of benzene rings is 1. The predicted molar refractivity (Wildman–Crippen MR) is 99.8 cm³/mol. The molecule has 0 aliphatic rings. The Morgan fingerprint density at radius 3 is 2.64 bits per heavy atom. The normalized spacial score (nSPS) is 11.9. The molecule has 0 bridgehead atoms. The highest BCUT2D eigenvalue weighted by Gasteiger charge is 2.21. The summed E-state index contributed by atoms with van der Waals surface area (Å²) in [5.74, 6) is 0. The second-order valence-electron chi connectivity index (χ2n) is 6.23. The highest BCUT2D eigenvalue weighted by Crippen LogP contribution is 2.24. The predicted octanol–water partition coefficient (Wildman–Crippen LogP) is 3.62. The van der Waals surface area contributed by atoms with Gasteiger partial charge in [-0.05, 0) is 31.0 Å². The van der Waals surface area contributed by atoms with Gasteiger partial charge in [0.1, 0.15) is 10.5 Å². The Hall–Kier alpha value is -2.18. The van der Waals surface area contributed by atoms with Gasteiger partial charge >= 0.3 is 0 Å². The summed E-state index contributed by atoms with van der Waals surface area (Å²) in [4.78, 5) is 4.66. The molecule has 0 amide bonds. The Balaban J connectivity index is 1.89. The first-order chi connectivity index (χ1) is 12.0. The van der Waals surface area contributed by atoms with Crippen LogP contribution in [0.25, 0.3) is 11.0 Å². The van der Waals surface area contributed by atoms with E-state index < -0.39 is 10.0 Å². The summed E-state index contributed by atoms with van der Waals surface area (Å²) in [6.07, 6.45) is 5.42. The first-order valence-corrected chi connectivity index (χ1v) is 9.98. The average molecular weight is 357 g/mol. The Bertz CT molecular complexity index is 960. The van der Waals surface area contributed by atoms with Crippen molar-refractivity contribution in [3.63, 3.8) is 0 Å². The van der Waals surface area contributed by atoms with Crippen LogP contribution in [0.1, 0.15) is 30.9 Å². The number of pyridine rings is 1. The Morgan fingerprint density at radius 2 is 1.92 bits per heavy atom. The first kappa shape index (κ1) is 17.6. The fourth-order valence-corrected chi connectivity index (χ4v) is 3.99. The van der Waals surface area contributed by atoms with Crippen LogP contribution in [0.5, 0.6) is 0 Å². The standard InChI is InChI=1S/C19H23N3O2S/c1-3-4-12-22-14-18(17-6-5-11-20-19(17)22)25(23,24)21-13-16-9-7-15(2)8-10-16/h5-11,14,21H,3-4,12-13H2,1-2H3. The van der Waals surface area contributed by atoms with E-state index in [-0.39, 0.29) is 6.54 Å². The number of sulfonamides is 1. The van der Waals surface area contributed by atoms with E-state index in [0.717, 1.165) is 30.5 Å². The zero-order valence-corrected chi connectivity index (χ0v) is 15.4. The summed E-state index contributed by atoms with van der Waals surface area (Å²) in [6.45, 7) is 5.15. The van der Waals surface area contributed by atoms with Crippen LogP contribution < -0.4 is 4.72 Å². The van der Waals surface area contributed by atoms with Crippen molar-refractivity contribution in [3.05, 3.63) is 59.9 Å². The van der Waals surface area contributed by atoms with Crippen LogP contribution in [0.2, 0.25) is 0 Å². The molecule has 0 fully saturated rings. The number of hydrogen-bond acceptors (Lipinski definition) is 3. The zero-order valence-electron chi connectivity index (χ0n) is 14.6. The number of hydrogen-bond donors (Lipinski definition) is 1. The Kier molecular flexibility index (Phi) is 5.20. The van der Waals surface area contributed by atoms with Gasteiger partial charge in [-0.1, -0.05) is 43.2 Å². The lowest BCUT2D eigenvalue weighted by Gasteiger charge is -2.06. The van der Waals surface area contributed by atoms with Crippen molar-refractivity contribution < 1.29 is 8.42 Å². The number of unbranched alkanes of at least 4 members (excludes halogenated alkanes) is 1. The zero-order chi connectivity index (χ0) is 17.9. The first-order valence-electron chi connectivity index (χ1n) is 8.50. The van der Waals surface area contributed by atoms with Crippen molar-refractivity contribution in [2.24, 2.45) is 0 Å². The van der Waals surface area contributed by atoms with Gasteiger partial charge in [-0.2, -0.15) is 0 Å². The molecule has 3 rings (SSSR count). The minimum absolute atomic E-state index is 0.268. The molecular weight excluding hydrogens is 334 g/mol.